The number of rotatable bonds is 2. The average Bonchev–Trinajstić information content (AvgIpc) is 3.21. The van der Waals surface area contributed by atoms with Gasteiger partial charge in [-0.1, -0.05) is 18.9 Å². The van der Waals surface area contributed by atoms with Crippen molar-refractivity contribution in [3.8, 4) is 0 Å². The number of piperidine rings is 1. The van der Waals surface area contributed by atoms with Gasteiger partial charge in [-0.2, -0.15) is 0 Å². The molecule has 0 spiro atoms. The lowest BCUT2D eigenvalue weighted by Crippen LogP contribution is -2.45. The van der Waals surface area contributed by atoms with Crippen LogP contribution < -0.4 is 5.32 Å². The van der Waals surface area contributed by atoms with Crippen molar-refractivity contribution in [2.45, 2.75) is 44.9 Å². The van der Waals surface area contributed by atoms with E-state index in [1.165, 1.54) is 11.3 Å². The summed E-state index contributed by atoms with van der Waals surface area (Å²) < 4.78 is 0. The molecule has 2 aliphatic heterocycles. The van der Waals surface area contributed by atoms with Crippen molar-refractivity contribution in [1.82, 2.24) is 15.1 Å². The Labute approximate surface area is 164 Å². The summed E-state index contributed by atoms with van der Waals surface area (Å²) in [5.41, 5.74) is 0. The first-order valence-corrected chi connectivity index (χ1v) is 10.9. The monoisotopic (exact) mass is 391 g/mol. The molecule has 148 valence electrons. The van der Waals surface area contributed by atoms with Gasteiger partial charge < -0.3 is 15.1 Å². The molecule has 2 saturated heterocycles. The first kappa shape index (κ1) is 19.9. The van der Waals surface area contributed by atoms with Crippen LogP contribution in [0, 0.1) is 5.92 Å². The predicted molar refractivity (Wildman–Crippen MR) is 106 cm³/mol. The number of nitrogens with zero attached hydrogens (tertiary/aromatic N) is 2. The Hall–Kier alpha value is -1.89. The van der Waals surface area contributed by atoms with Crippen molar-refractivity contribution < 1.29 is 14.4 Å². The van der Waals surface area contributed by atoms with Crippen molar-refractivity contribution in [3.05, 3.63) is 22.4 Å². The van der Waals surface area contributed by atoms with Crippen molar-refractivity contribution in [3.63, 3.8) is 0 Å². The predicted octanol–water partition coefficient (Wildman–Crippen LogP) is 2.51. The molecule has 2 fully saturated rings. The SMILES string of the molecule is O=C1CCN(C(=O)C2CCN(C(=O)c3cccs3)CC2)CCCCCCN1. The van der Waals surface area contributed by atoms with Crippen LogP contribution in [0.5, 0.6) is 0 Å². The fourth-order valence-corrected chi connectivity index (χ4v) is 4.50. The quantitative estimate of drug-likeness (QED) is 0.842. The highest BCUT2D eigenvalue weighted by Crippen LogP contribution is 2.23. The molecule has 0 atom stereocenters. The second kappa shape index (κ2) is 9.88. The second-order valence-corrected chi connectivity index (χ2v) is 8.33. The highest BCUT2D eigenvalue weighted by Gasteiger charge is 2.30. The third-order valence-corrected chi connectivity index (χ3v) is 6.32. The summed E-state index contributed by atoms with van der Waals surface area (Å²) >= 11 is 1.46. The number of likely N-dealkylation sites (tertiary alicyclic amines) is 1. The molecule has 1 N–H and O–H groups in total. The van der Waals surface area contributed by atoms with Gasteiger partial charge in [0.25, 0.3) is 5.91 Å². The van der Waals surface area contributed by atoms with Gasteiger partial charge in [0.1, 0.15) is 0 Å². The largest absolute Gasteiger partial charge is 0.356 e. The minimum absolute atomic E-state index is 0.0334. The zero-order valence-electron chi connectivity index (χ0n) is 15.8. The maximum atomic E-state index is 13.0. The Morgan fingerprint density at radius 3 is 2.52 bits per heavy atom. The number of amides is 3. The van der Waals surface area contributed by atoms with E-state index in [2.05, 4.69) is 5.32 Å². The number of carbonyl (C=O) groups excluding carboxylic acids is 3. The number of hydrogen-bond acceptors (Lipinski definition) is 4. The van der Waals surface area contributed by atoms with Crippen molar-refractivity contribution >= 4 is 29.1 Å². The minimum Gasteiger partial charge on any atom is -0.356 e. The average molecular weight is 392 g/mol. The van der Waals surface area contributed by atoms with E-state index < -0.39 is 0 Å². The standard InChI is InChI=1S/C20H29N3O3S/c24-18-9-14-22(11-4-2-1-3-10-21-18)19(25)16-7-12-23(13-8-16)20(26)17-6-5-15-27-17/h5-6,15-16H,1-4,7-14H2,(H,21,24). The zero-order valence-corrected chi connectivity index (χ0v) is 16.6. The molecule has 2 aliphatic rings. The molecule has 1 aromatic heterocycles. The van der Waals surface area contributed by atoms with Crippen LogP contribution in [0.4, 0.5) is 0 Å². The number of carbonyl (C=O) groups is 3. The summed E-state index contributed by atoms with van der Waals surface area (Å²) in [5, 5.41) is 4.84. The molecule has 0 aliphatic carbocycles. The Morgan fingerprint density at radius 2 is 1.78 bits per heavy atom. The Morgan fingerprint density at radius 1 is 1.00 bits per heavy atom. The third kappa shape index (κ3) is 5.54. The molecule has 0 bridgehead atoms. The minimum atomic E-state index is -0.0365. The summed E-state index contributed by atoms with van der Waals surface area (Å²) in [4.78, 5) is 41.9. The Bertz CT molecular complexity index is 639. The first-order chi connectivity index (χ1) is 13.1. The van der Waals surface area contributed by atoms with E-state index in [0.29, 0.717) is 38.9 Å². The van der Waals surface area contributed by atoms with Gasteiger partial charge in [-0.15, -0.1) is 11.3 Å². The molecule has 0 aromatic carbocycles. The van der Waals surface area contributed by atoms with E-state index in [1.54, 1.807) is 0 Å². The van der Waals surface area contributed by atoms with Crippen LogP contribution in [0.15, 0.2) is 17.5 Å². The lowest BCUT2D eigenvalue weighted by atomic mass is 9.94. The Kier molecular flexibility index (Phi) is 7.26. The number of hydrogen-bond donors (Lipinski definition) is 1. The summed E-state index contributed by atoms with van der Waals surface area (Å²) in [6.07, 6.45) is 5.98. The molecule has 3 heterocycles. The fraction of sp³-hybridized carbons (Fsp3) is 0.650. The molecular formula is C20H29N3O3S. The van der Waals surface area contributed by atoms with Crippen LogP contribution in [-0.2, 0) is 9.59 Å². The summed E-state index contributed by atoms with van der Waals surface area (Å²) in [6, 6.07) is 3.74. The van der Waals surface area contributed by atoms with Crippen LogP contribution in [0.2, 0.25) is 0 Å². The highest BCUT2D eigenvalue weighted by atomic mass is 32.1. The molecule has 3 amide bonds. The second-order valence-electron chi connectivity index (χ2n) is 7.38. The van der Waals surface area contributed by atoms with Gasteiger partial charge in [0, 0.05) is 45.1 Å². The van der Waals surface area contributed by atoms with Gasteiger partial charge in [-0.25, -0.2) is 0 Å². The summed E-state index contributed by atoms with van der Waals surface area (Å²) in [7, 11) is 0. The zero-order chi connectivity index (χ0) is 19.1. The van der Waals surface area contributed by atoms with Crippen molar-refractivity contribution in [2.24, 2.45) is 5.92 Å². The molecule has 1 aromatic rings. The fourth-order valence-electron chi connectivity index (χ4n) is 3.81. The van der Waals surface area contributed by atoms with E-state index in [9.17, 15) is 14.4 Å². The highest BCUT2D eigenvalue weighted by molar-refractivity contribution is 7.12. The summed E-state index contributed by atoms with van der Waals surface area (Å²) in [6.45, 7) is 3.23. The molecule has 0 saturated carbocycles. The van der Waals surface area contributed by atoms with Crippen LogP contribution in [0.3, 0.4) is 0 Å². The molecule has 7 heteroatoms. The van der Waals surface area contributed by atoms with E-state index >= 15 is 0 Å². The molecule has 6 nitrogen and oxygen atoms in total. The van der Waals surface area contributed by atoms with Gasteiger partial charge in [0.05, 0.1) is 4.88 Å². The van der Waals surface area contributed by atoms with Gasteiger partial charge in [0.15, 0.2) is 0 Å². The Balaban J connectivity index is 1.53. The first-order valence-electron chi connectivity index (χ1n) is 10.0. The smallest absolute Gasteiger partial charge is 0.263 e. The van der Waals surface area contributed by atoms with Crippen LogP contribution in [-0.4, -0.2) is 60.2 Å². The lowest BCUT2D eigenvalue weighted by Gasteiger charge is -2.34. The van der Waals surface area contributed by atoms with Gasteiger partial charge in [-0.3, -0.25) is 14.4 Å². The van der Waals surface area contributed by atoms with Crippen molar-refractivity contribution in [2.75, 3.05) is 32.7 Å². The maximum Gasteiger partial charge on any atom is 0.263 e. The maximum absolute atomic E-state index is 13.0. The van der Waals surface area contributed by atoms with E-state index in [-0.39, 0.29) is 23.6 Å². The van der Waals surface area contributed by atoms with E-state index in [4.69, 9.17) is 0 Å². The normalized spacial score (nSPS) is 20.7. The summed E-state index contributed by atoms with van der Waals surface area (Å²) in [5.74, 6) is 0.227. The van der Waals surface area contributed by atoms with Gasteiger partial charge >= 0.3 is 0 Å². The van der Waals surface area contributed by atoms with E-state index in [0.717, 1.165) is 43.6 Å². The third-order valence-electron chi connectivity index (χ3n) is 5.46. The van der Waals surface area contributed by atoms with Crippen molar-refractivity contribution in [1.29, 1.82) is 0 Å². The number of thiophene rings is 1. The van der Waals surface area contributed by atoms with E-state index in [1.807, 2.05) is 27.3 Å². The molecular weight excluding hydrogens is 362 g/mol. The topological polar surface area (TPSA) is 69.7 Å². The molecule has 27 heavy (non-hydrogen) atoms. The lowest BCUT2D eigenvalue weighted by molar-refractivity contribution is -0.137. The molecule has 0 radical (unpaired) electrons. The number of nitrogens with one attached hydrogen (secondary N) is 1. The van der Waals surface area contributed by atoms with Crippen LogP contribution in [0.1, 0.15) is 54.6 Å². The van der Waals surface area contributed by atoms with Crippen LogP contribution >= 0.6 is 11.3 Å². The van der Waals surface area contributed by atoms with Gasteiger partial charge in [-0.05, 0) is 37.1 Å². The van der Waals surface area contributed by atoms with Gasteiger partial charge in [0.2, 0.25) is 11.8 Å². The molecule has 0 unspecified atom stereocenters. The van der Waals surface area contributed by atoms with Crippen LogP contribution in [0.25, 0.3) is 0 Å². The molecule has 3 rings (SSSR count).